The topological polar surface area (TPSA) is 58.4 Å². The Labute approximate surface area is 137 Å². The molecular formula is C14H19FIN3O2. The van der Waals surface area contributed by atoms with E-state index in [-0.39, 0.29) is 14.9 Å². The molecule has 1 saturated heterocycles. The van der Waals surface area contributed by atoms with Crippen molar-refractivity contribution in [2.45, 2.75) is 19.8 Å². The minimum absolute atomic E-state index is 0.0759. The van der Waals surface area contributed by atoms with Crippen LogP contribution in [0.15, 0.2) is 12.1 Å². The molecule has 5 nitrogen and oxygen atoms in total. The minimum Gasteiger partial charge on any atom is -0.378 e. The maximum absolute atomic E-state index is 13.6. The van der Waals surface area contributed by atoms with Crippen LogP contribution in [0.3, 0.4) is 0 Å². The molecule has 21 heavy (non-hydrogen) atoms. The SMILES string of the molecule is CC1CCN(CCNc2cc(F)c(I)cc2[N+](=O)[O-])CC1. The average Bonchev–Trinajstić information content (AvgIpc) is 2.44. The summed E-state index contributed by atoms with van der Waals surface area (Å²) in [6, 6.07) is 2.47. The van der Waals surface area contributed by atoms with Gasteiger partial charge in [0.2, 0.25) is 0 Å². The van der Waals surface area contributed by atoms with Crippen LogP contribution >= 0.6 is 22.6 Å². The summed E-state index contributed by atoms with van der Waals surface area (Å²) in [6.45, 7) is 5.78. The van der Waals surface area contributed by atoms with E-state index in [1.807, 2.05) is 0 Å². The molecule has 7 heteroatoms. The fraction of sp³-hybridized carbons (Fsp3) is 0.571. The maximum atomic E-state index is 13.6. The molecule has 0 unspecified atom stereocenters. The summed E-state index contributed by atoms with van der Waals surface area (Å²) < 4.78 is 13.8. The quantitative estimate of drug-likeness (QED) is 0.461. The van der Waals surface area contributed by atoms with E-state index < -0.39 is 10.7 Å². The van der Waals surface area contributed by atoms with Crippen molar-refractivity contribution in [3.63, 3.8) is 0 Å². The summed E-state index contributed by atoms with van der Waals surface area (Å²) in [5.74, 6) is 0.344. The Bertz CT molecular complexity index is 519. The molecule has 2 rings (SSSR count). The van der Waals surface area contributed by atoms with Crippen molar-refractivity contribution < 1.29 is 9.31 Å². The normalized spacial score (nSPS) is 16.9. The maximum Gasteiger partial charge on any atom is 0.293 e. The predicted molar refractivity (Wildman–Crippen MR) is 89.1 cm³/mol. The Balaban J connectivity index is 1.93. The van der Waals surface area contributed by atoms with Gasteiger partial charge in [-0.25, -0.2) is 4.39 Å². The van der Waals surface area contributed by atoms with E-state index in [2.05, 4.69) is 17.1 Å². The number of nitrogens with zero attached hydrogens (tertiary/aromatic N) is 2. The first kappa shape index (κ1) is 16.4. The number of nitro groups is 1. The Morgan fingerprint density at radius 1 is 1.48 bits per heavy atom. The van der Waals surface area contributed by atoms with Crippen LogP contribution in [0.5, 0.6) is 0 Å². The monoisotopic (exact) mass is 407 g/mol. The number of nitrogens with one attached hydrogen (secondary N) is 1. The lowest BCUT2D eigenvalue weighted by atomic mass is 9.99. The van der Waals surface area contributed by atoms with E-state index in [1.54, 1.807) is 22.6 Å². The molecule has 0 saturated carbocycles. The molecule has 1 aromatic carbocycles. The van der Waals surface area contributed by atoms with E-state index in [0.717, 1.165) is 25.6 Å². The van der Waals surface area contributed by atoms with Crippen molar-refractivity contribution in [2.24, 2.45) is 5.92 Å². The van der Waals surface area contributed by atoms with Crippen LogP contribution in [-0.2, 0) is 0 Å². The molecule has 1 aliphatic rings. The van der Waals surface area contributed by atoms with Gasteiger partial charge in [0.1, 0.15) is 11.5 Å². The van der Waals surface area contributed by atoms with E-state index >= 15 is 0 Å². The number of halogens is 2. The van der Waals surface area contributed by atoms with Gasteiger partial charge in [-0.3, -0.25) is 10.1 Å². The summed E-state index contributed by atoms with van der Waals surface area (Å²) in [6.07, 6.45) is 2.39. The lowest BCUT2D eigenvalue weighted by molar-refractivity contribution is -0.384. The lowest BCUT2D eigenvalue weighted by Crippen LogP contribution is -2.36. The third kappa shape index (κ3) is 4.50. The average molecular weight is 407 g/mol. The smallest absolute Gasteiger partial charge is 0.293 e. The highest BCUT2D eigenvalue weighted by molar-refractivity contribution is 14.1. The molecule has 1 N–H and O–H groups in total. The Morgan fingerprint density at radius 3 is 2.76 bits per heavy atom. The van der Waals surface area contributed by atoms with Gasteiger partial charge in [-0.05, 0) is 54.4 Å². The van der Waals surface area contributed by atoms with Crippen molar-refractivity contribution in [1.29, 1.82) is 0 Å². The molecule has 116 valence electrons. The van der Waals surface area contributed by atoms with Crippen molar-refractivity contribution >= 4 is 34.0 Å². The van der Waals surface area contributed by atoms with Crippen LogP contribution in [0.1, 0.15) is 19.8 Å². The largest absolute Gasteiger partial charge is 0.378 e. The van der Waals surface area contributed by atoms with E-state index in [4.69, 9.17) is 0 Å². The highest BCUT2D eigenvalue weighted by atomic mass is 127. The molecule has 1 fully saturated rings. The minimum atomic E-state index is -0.480. The third-order valence-corrected chi connectivity index (χ3v) is 4.68. The van der Waals surface area contributed by atoms with Crippen LogP contribution in [-0.4, -0.2) is 36.0 Å². The summed E-state index contributed by atoms with van der Waals surface area (Å²) in [7, 11) is 0. The number of rotatable bonds is 5. The zero-order valence-corrected chi connectivity index (χ0v) is 14.1. The highest BCUT2D eigenvalue weighted by Gasteiger charge is 2.18. The number of likely N-dealkylation sites (tertiary alicyclic amines) is 1. The molecule has 1 aliphatic heterocycles. The van der Waals surface area contributed by atoms with Crippen LogP contribution in [0.25, 0.3) is 0 Å². The molecule has 0 atom stereocenters. The van der Waals surface area contributed by atoms with Crippen LogP contribution < -0.4 is 5.32 Å². The lowest BCUT2D eigenvalue weighted by Gasteiger charge is -2.30. The van der Waals surface area contributed by atoms with Gasteiger partial charge in [0.15, 0.2) is 0 Å². The van der Waals surface area contributed by atoms with Gasteiger partial charge >= 0.3 is 0 Å². The Kier molecular flexibility index (Phi) is 5.74. The zero-order chi connectivity index (χ0) is 15.4. The standard InChI is InChI=1S/C14H19FIN3O2/c1-10-2-5-18(6-3-10)7-4-17-13-8-11(15)12(16)9-14(13)19(20)21/h8-10,17H,2-7H2,1H3. The van der Waals surface area contributed by atoms with E-state index in [9.17, 15) is 14.5 Å². The number of nitro benzene ring substituents is 1. The summed E-state index contributed by atoms with van der Waals surface area (Å²) >= 11 is 1.76. The van der Waals surface area contributed by atoms with E-state index in [1.165, 1.54) is 25.0 Å². The molecule has 1 heterocycles. The highest BCUT2D eigenvalue weighted by Crippen LogP contribution is 2.28. The van der Waals surface area contributed by atoms with Crippen molar-refractivity contribution in [2.75, 3.05) is 31.5 Å². The van der Waals surface area contributed by atoms with Gasteiger partial charge in [0.05, 0.1) is 8.49 Å². The van der Waals surface area contributed by atoms with Gasteiger partial charge in [-0.15, -0.1) is 0 Å². The first-order chi connectivity index (χ1) is 9.97. The van der Waals surface area contributed by atoms with Crippen LogP contribution in [0.2, 0.25) is 0 Å². The predicted octanol–water partition coefficient (Wildman–Crippen LogP) is 3.48. The first-order valence-corrected chi connectivity index (χ1v) is 8.15. The number of hydrogen-bond acceptors (Lipinski definition) is 4. The van der Waals surface area contributed by atoms with Crippen LogP contribution in [0, 0.1) is 25.4 Å². The van der Waals surface area contributed by atoms with Crippen LogP contribution in [0.4, 0.5) is 15.8 Å². The zero-order valence-electron chi connectivity index (χ0n) is 11.9. The van der Waals surface area contributed by atoms with Gasteiger partial charge in [0.25, 0.3) is 5.69 Å². The third-order valence-electron chi connectivity index (χ3n) is 3.86. The van der Waals surface area contributed by atoms with Crippen molar-refractivity contribution in [3.05, 3.63) is 31.6 Å². The molecule has 0 radical (unpaired) electrons. The molecular weight excluding hydrogens is 388 g/mol. The summed E-state index contributed by atoms with van der Waals surface area (Å²) in [5, 5.41) is 14.0. The summed E-state index contributed by atoms with van der Waals surface area (Å²) in [5.41, 5.74) is 0.177. The Morgan fingerprint density at radius 2 is 2.14 bits per heavy atom. The second-order valence-electron chi connectivity index (χ2n) is 5.49. The number of hydrogen-bond donors (Lipinski definition) is 1. The van der Waals surface area contributed by atoms with Gasteiger partial charge in [-0.1, -0.05) is 6.92 Å². The number of anilines is 1. The van der Waals surface area contributed by atoms with E-state index in [0.29, 0.717) is 6.54 Å². The second kappa shape index (κ2) is 7.35. The fourth-order valence-corrected chi connectivity index (χ4v) is 2.91. The molecule has 1 aromatic rings. The fourth-order valence-electron chi connectivity index (χ4n) is 2.46. The Hall–Kier alpha value is -0.960. The van der Waals surface area contributed by atoms with Crippen molar-refractivity contribution in [3.8, 4) is 0 Å². The van der Waals surface area contributed by atoms with Gasteiger partial charge < -0.3 is 10.2 Å². The molecule has 0 spiro atoms. The molecule has 0 aromatic heterocycles. The second-order valence-corrected chi connectivity index (χ2v) is 6.65. The first-order valence-electron chi connectivity index (χ1n) is 7.07. The number of benzene rings is 1. The summed E-state index contributed by atoms with van der Waals surface area (Å²) in [4.78, 5) is 12.9. The molecule has 0 bridgehead atoms. The molecule has 0 aliphatic carbocycles. The van der Waals surface area contributed by atoms with Gasteiger partial charge in [-0.2, -0.15) is 0 Å². The number of piperidine rings is 1. The van der Waals surface area contributed by atoms with Crippen molar-refractivity contribution in [1.82, 2.24) is 4.90 Å². The molecule has 0 amide bonds. The van der Waals surface area contributed by atoms with Gasteiger partial charge in [0, 0.05) is 25.2 Å².